The molecule has 0 aromatic heterocycles. The average Bonchev–Trinajstić information content (AvgIpc) is 2.97. The molecule has 0 heterocycles. The third-order valence-electron chi connectivity index (χ3n) is 6.36. The van der Waals surface area contributed by atoms with E-state index in [4.69, 9.17) is 18.9 Å². The molecule has 0 N–H and O–H groups in total. The SMILES string of the molecule is Brc1ccc(COCC(COCc2ccc(Br)cc2)(COCc2ccc(Br)cc2)COCc2ccc(Br)cc2)cc1. The summed E-state index contributed by atoms with van der Waals surface area (Å²) in [5, 5.41) is 0. The Morgan fingerprint density at radius 1 is 0.341 bits per heavy atom. The first-order chi connectivity index (χ1) is 19.9. The molecule has 0 spiro atoms. The van der Waals surface area contributed by atoms with Gasteiger partial charge in [-0.25, -0.2) is 0 Å². The van der Waals surface area contributed by atoms with Gasteiger partial charge in [0.15, 0.2) is 0 Å². The Bertz CT molecular complexity index is 1100. The minimum Gasteiger partial charge on any atom is -0.376 e. The first kappa shape index (κ1) is 32.6. The lowest BCUT2D eigenvalue weighted by Crippen LogP contribution is -2.41. The maximum Gasteiger partial charge on any atom is 0.0717 e. The van der Waals surface area contributed by atoms with Crippen molar-refractivity contribution >= 4 is 63.7 Å². The Morgan fingerprint density at radius 3 is 0.732 bits per heavy atom. The molecule has 0 fully saturated rings. The van der Waals surface area contributed by atoms with Crippen LogP contribution in [0.1, 0.15) is 22.3 Å². The summed E-state index contributed by atoms with van der Waals surface area (Å²) in [5.74, 6) is 0. The van der Waals surface area contributed by atoms with Crippen LogP contribution >= 0.6 is 63.7 Å². The lowest BCUT2D eigenvalue weighted by molar-refractivity contribution is -0.117. The monoisotopic (exact) mass is 808 g/mol. The quantitative estimate of drug-likeness (QED) is 0.113. The summed E-state index contributed by atoms with van der Waals surface area (Å²) in [4.78, 5) is 0. The first-order valence-electron chi connectivity index (χ1n) is 13.2. The van der Waals surface area contributed by atoms with Crippen LogP contribution < -0.4 is 0 Å². The van der Waals surface area contributed by atoms with E-state index in [1.807, 2.05) is 48.5 Å². The Morgan fingerprint density at radius 2 is 0.537 bits per heavy atom. The van der Waals surface area contributed by atoms with Gasteiger partial charge in [0.05, 0.1) is 58.3 Å². The zero-order chi connectivity index (χ0) is 28.9. The van der Waals surface area contributed by atoms with Crippen LogP contribution in [0.4, 0.5) is 0 Å². The van der Waals surface area contributed by atoms with Gasteiger partial charge in [-0.15, -0.1) is 0 Å². The summed E-state index contributed by atoms with van der Waals surface area (Å²) in [6.07, 6.45) is 0. The lowest BCUT2D eigenvalue weighted by atomic mass is 9.92. The second-order valence-electron chi connectivity index (χ2n) is 9.98. The van der Waals surface area contributed by atoms with E-state index in [1.165, 1.54) is 0 Å². The van der Waals surface area contributed by atoms with Gasteiger partial charge >= 0.3 is 0 Å². The van der Waals surface area contributed by atoms with E-state index in [9.17, 15) is 0 Å². The van der Waals surface area contributed by atoms with E-state index in [0.717, 1.165) is 40.1 Å². The maximum absolute atomic E-state index is 6.31. The van der Waals surface area contributed by atoms with Crippen LogP contribution in [-0.4, -0.2) is 26.4 Å². The molecule has 216 valence electrons. The molecule has 4 nitrogen and oxygen atoms in total. The Balaban J connectivity index is 1.46. The van der Waals surface area contributed by atoms with Gasteiger partial charge in [-0.1, -0.05) is 112 Å². The van der Waals surface area contributed by atoms with Crippen LogP contribution in [0, 0.1) is 5.41 Å². The molecule has 0 atom stereocenters. The van der Waals surface area contributed by atoms with E-state index in [-0.39, 0.29) is 0 Å². The van der Waals surface area contributed by atoms with Crippen LogP contribution in [0.2, 0.25) is 0 Å². The third-order valence-corrected chi connectivity index (χ3v) is 8.48. The predicted octanol–water partition coefficient (Wildman–Crippen LogP) is 9.89. The first-order valence-corrected chi connectivity index (χ1v) is 16.4. The summed E-state index contributed by atoms with van der Waals surface area (Å²) >= 11 is 14.0. The van der Waals surface area contributed by atoms with Gasteiger partial charge in [0, 0.05) is 17.9 Å². The van der Waals surface area contributed by atoms with E-state index < -0.39 is 5.41 Å². The molecule has 0 aliphatic rings. The average molecular weight is 812 g/mol. The molecular formula is C33H32Br4O4. The van der Waals surface area contributed by atoms with Gasteiger partial charge in [-0.3, -0.25) is 0 Å². The standard InChI is InChI=1S/C33H32Br4O4/c34-29-9-1-25(2-10-29)17-38-21-33(22-39-18-26-3-11-30(35)12-4-26,23-40-19-27-5-13-31(36)14-6-27)24-41-20-28-7-15-32(37)16-8-28/h1-16H,17-24H2. The van der Waals surface area contributed by atoms with Gasteiger partial charge in [0.2, 0.25) is 0 Å². The molecule has 0 saturated heterocycles. The molecule has 4 aromatic carbocycles. The number of rotatable bonds is 16. The molecule has 0 bridgehead atoms. The van der Waals surface area contributed by atoms with Crippen molar-refractivity contribution in [2.24, 2.45) is 5.41 Å². The molecule has 4 rings (SSSR count). The minimum absolute atomic E-state index is 0.421. The summed E-state index contributed by atoms with van der Waals surface area (Å²) < 4.78 is 29.4. The number of benzene rings is 4. The van der Waals surface area contributed by atoms with E-state index in [2.05, 4.69) is 112 Å². The summed E-state index contributed by atoms with van der Waals surface area (Å²) in [5.41, 5.74) is 3.89. The fourth-order valence-corrected chi connectivity index (χ4v) is 5.17. The van der Waals surface area contributed by atoms with Crippen molar-refractivity contribution in [1.82, 2.24) is 0 Å². The highest BCUT2D eigenvalue weighted by Gasteiger charge is 2.33. The van der Waals surface area contributed by atoms with Crippen LogP contribution in [-0.2, 0) is 45.4 Å². The second kappa shape index (κ2) is 17.1. The van der Waals surface area contributed by atoms with Crippen molar-refractivity contribution in [2.75, 3.05) is 26.4 Å². The zero-order valence-corrected chi connectivity index (χ0v) is 28.9. The molecule has 41 heavy (non-hydrogen) atoms. The van der Waals surface area contributed by atoms with Gasteiger partial charge in [-0.2, -0.15) is 0 Å². The molecule has 0 unspecified atom stereocenters. The third kappa shape index (κ3) is 11.7. The molecule has 8 heteroatoms. The van der Waals surface area contributed by atoms with Crippen molar-refractivity contribution < 1.29 is 18.9 Å². The van der Waals surface area contributed by atoms with E-state index in [0.29, 0.717) is 52.9 Å². The second-order valence-corrected chi connectivity index (χ2v) is 13.6. The minimum atomic E-state index is -0.518. The van der Waals surface area contributed by atoms with E-state index in [1.54, 1.807) is 0 Å². The molecular weight excluding hydrogens is 780 g/mol. The topological polar surface area (TPSA) is 36.9 Å². The van der Waals surface area contributed by atoms with Gasteiger partial charge in [0.25, 0.3) is 0 Å². The molecule has 0 saturated carbocycles. The van der Waals surface area contributed by atoms with Crippen molar-refractivity contribution in [3.8, 4) is 0 Å². The molecule has 0 amide bonds. The highest BCUT2D eigenvalue weighted by molar-refractivity contribution is 9.11. The van der Waals surface area contributed by atoms with Crippen LogP contribution in [0.15, 0.2) is 115 Å². The lowest BCUT2D eigenvalue weighted by Gasteiger charge is -2.33. The highest BCUT2D eigenvalue weighted by atomic mass is 79.9. The Hall–Kier alpha value is -1.36. The smallest absolute Gasteiger partial charge is 0.0717 e. The summed E-state index contributed by atoms with van der Waals surface area (Å²) in [6.45, 7) is 3.63. The number of hydrogen-bond acceptors (Lipinski definition) is 4. The van der Waals surface area contributed by atoms with Crippen molar-refractivity contribution in [1.29, 1.82) is 0 Å². The van der Waals surface area contributed by atoms with Crippen molar-refractivity contribution in [3.05, 3.63) is 137 Å². The number of ether oxygens (including phenoxy) is 4. The van der Waals surface area contributed by atoms with Crippen LogP contribution in [0.25, 0.3) is 0 Å². The summed E-state index contributed by atoms with van der Waals surface area (Å²) in [7, 11) is 0. The van der Waals surface area contributed by atoms with Crippen LogP contribution in [0.3, 0.4) is 0 Å². The predicted molar refractivity (Wildman–Crippen MR) is 178 cm³/mol. The molecule has 4 aromatic rings. The fraction of sp³-hybridized carbons (Fsp3) is 0.273. The summed E-state index contributed by atoms with van der Waals surface area (Å²) in [6, 6.07) is 32.7. The maximum atomic E-state index is 6.31. The number of halogens is 4. The van der Waals surface area contributed by atoms with Gasteiger partial charge < -0.3 is 18.9 Å². The van der Waals surface area contributed by atoms with Crippen LogP contribution in [0.5, 0.6) is 0 Å². The largest absolute Gasteiger partial charge is 0.376 e. The Labute approximate surface area is 276 Å². The highest BCUT2D eigenvalue weighted by Crippen LogP contribution is 2.25. The normalized spacial score (nSPS) is 11.6. The number of hydrogen-bond donors (Lipinski definition) is 0. The Kier molecular flexibility index (Phi) is 13.5. The van der Waals surface area contributed by atoms with Gasteiger partial charge in [-0.05, 0) is 70.8 Å². The van der Waals surface area contributed by atoms with Gasteiger partial charge in [0.1, 0.15) is 0 Å². The van der Waals surface area contributed by atoms with Crippen molar-refractivity contribution in [3.63, 3.8) is 0 Å². The van der Waals surface area contributed by atoms with E-state index >= 15 is 0 Å². The fourth-order valence-electron chi connectivity index (χ4n) is 4.11. The van der Waals surface area contributed by atoms with Crippen molar-refractivity contribution in [2.45, 2.75) is 26.4 Å². The zero-order valence-electron chi connectivity index (χ0n) is 22.5. The molecule has 0 radical (unpaired) electrons. The molecule has 0 aliphatic carbocycles. The molecule has 0 aliphatic heterocycles.